The summed E-state index contributed by atoms with van der Waals surface area (Å²) in [6.07, 6.45) is -1.35. The van der Waals surface area contributed by atoms with Crippen LogP contribution in [0.1, 0.15) is 19.3 Å². The van der Waals surface area contributed by atoms with E-state index in [-0.39, 0.29) is 6.54 Å². The molecule has 0 aromatic heterocycles. The van der Waals surface area contributed by atoms with E-state index in [1.54, 1.807) is 5.32 Å². The van der Waals surface area contributed by atoms with Gasteiger partial charge < -0.3 is 10.1 Å². The van der Waals surface area contributed by atoms with Crippen molar-refractivity contribution >= 4 is 5.91 Å². The summed E-state index contributed by atoms with van der Waals surface area (Å²) in [5.74, 6) is -5.95. The molecular formula is C10H15F4NO2. The number of halogens is 4. The van der Waals surface area contributed by atoms with Crippen LogP contribution in [0.3, 0.4) is 0 Å². The molecule has 1 rings (SSSR count). The van der Waals surface area contributed by atoms with Crippen molar-refractivity contribution in [3.8, 4) is 0 Å². The monoisotopic (exact) mass is 257 g/mol. The van der Waals surface area contributed by atoms with Crippen LogP contribution < -0.4 is 5.32 Å². The van der Waals surface area contributed by atoms with E-state index < -0.39 is 18.3 Å². The molecule has 0 aliphatic heterocycles. The van der Waals surface area contributed by atoms with Crippen molar-refractivity contribution in [3.05, 3.63) is 0 Å². The van der Waals surface area contributed by atoms with Crippen LogP contribution in [0.4, 0.5) is 17.6 Å². The van der Waals surface area contributed by atoms with E-state index in [0.29, 0.717) is 25.6 Å². The Labute approximate surface area is 96.5 Å². The topological polar surface area (TPSA) is 38.3 Å². The van der Waals surface area contributed by atoms with Crippen LogP contribution in [0.15, 0.2) is 0 Å². The summed E-state index contributed by atoms with van der Waals surface area (Å²) in [5.41, 5.74) is 0. The normalized spacial score (nSPS) is 16.3. The molecular weight excluding hydrogens is 242 g/mol. The van der Waals surface area contributed by atoms with Gasteiger partial charge in [-0.1, -0.05) is 0 Å². The number of nitrogens with one attached hydrogen (secondary N) is 1. The number of rotatable bonds is 8. The maximum atomic E-state index is 12.4. The third-order valence-corrected chi connectivity index (χ3v) is 2.38. The third kappa shape index (κ3) is 4.89. The highest BCUT2D eigenvalue weighted by Gasteiger charge is 2.48. The number of hydrogen-bond acceptors (Lipinski definition) is 2. The van der Waals surface area contributed by atoms with Crippen molar-refractivity contribution in [1.82, 2.24) is 5.32 Å². The Hall–Kier alpha value is -0.850. The van der Waals surface area contributed by atoms with E-state index in [9.17, 15) is 22.4 Å². The zero-order chi connectivity index (χ0) is 12.9. The number of carbonyl (C=O) groups excluding carboxylic acids is 1. The second-order valence-electron chi connectivity index (χ2n) is 4.05. The fraction of sp³-hybridized carbons (Fsp3) is 0.900. The highest BCUT2D eigenvalue weighted by molar-refractivity contribution is 5.83. The smallest absolute Gasteiger partial charge is 0.381 e. The molecule has 0 bridgehead atoms. The fourth-order valence-corrected chi connectivity index (χ4v) is 1.13. The molecule has 0 radical (unpaired) electrons. The molecule has 0 aromatic carbocycles. The zero-order valence-electron chi connectivity index (χ0n) is 9.23. The molecule has 0 aromatic rings. The van der Waals surface area contributed by atoms with Crippen LogP contribution in [0, 0.1) is 5.92 Å². The first-order valence-electron chi connectivity index (χ1n) is 5.46. The van der Waals surface area contributed by atoms with Crippen LogP contribution in [0.5, 0.6) is 0 Å². The van der Waals surface area contributed by atoms with Gasteiger partial charge in [0, 0.05) is 19.8 Å². The van der Waals surface area contributed by atoms with E-state index in [4.69, 9.17) is 4.74 Å². The Morgan fingerprint density at radius 3 is 2.59 bits per heavy atom. The van der Waals surface area contributed by atoms with Crippen LogP contribution in [0.2, 0.25) is 0 Å². The fourth-order valence-electron chi connectivity index (χ4n) is 1.13. The lowest BCUT2D eigenvalue weighted by Crippen LogP contribution is -2.45. The number of hydrogen-bond donors (Lipinski definition) is 1. The molecule has 100 valence electrons. The minimum absolute atomic E-state index is 0.0915. The molecule has 0 heterocycles. The average molecular weight is 257 g/mol. The Morgan fingerprint density at radius 1 is 1.41 bits per heavy atom. The van der Waals surface area contributed by atoms with Gasteiger partial charge >= 0.3 is 12.3 Å². The predicted octanol–water partition coefficient (Wildman–Crippen LogP) is 1.82. The minimum atomic E-state index is -4.62. The lowest BCUT2D eigenvalue weighted by molar-refractivity contribution is -0.169. The lowest BCUT2D eigenvalue weighted by atomic mass is 10.3. The second kappa shape index (κ2) is 6.18. The Bertz CT molecular complexity index is 257. The van der Waals surface area contributed by atoms with Crippen molar-refractivity contribution in [3.63, 3.8) is 0 Å². The van der Waals surface area contributed by atoms with Crippen LogP contribution in [-0.4, -0.2) is 38.0 Å². The maximum Gasteiger partial charge on any atom is 0.383 e. The van der Waals surface area contributed by atoms with Gasteiger partial charge in [-0.2, -0.15) is 8.78 Å². The van der Waals surface area contributed by atoms with Crippen LogP contribution in [-0.2, 0) is 9.53 Å². The Balaban J connectivity index is 2.02. The third-order valence-electron chi connectivity index (χ3n) is 2.38. The van der Waals surface area contributed by atoms with Crippen molar-refractivity contribution in [1.29, 1.82) is 0 Å². The first-order chi connectivity index (χ1) is 7.94. The second-order valence-corrected chi connectivity index (χ2v) is 4.05. The molecule has 0 saturated heterocycles. The number of carbonyl (C=O) groups is 1. The largest absolute Gasteiger partial charge is 0.383 e. The van der Waals surface area contributed by atoms with E-state index in [1.807, 2.05) is 0 Å². The first kappa shape index (κ1) is 14.2. The number of alkyl halides is 4. The summed E-state index contributed by atoms with van der Waals surface area (Å²) in [6, 6.07) is 0. The van der Waals surface area contributed by atoms with Gasteiger partial charge in [-0.25, -0.2) is 8.78 Å². The molecule has 0 spiro atoms. The van der Waals surface area contributed by atoms with E-state index in [2.05, 4.69) is 0 Å². The van der Waals surface area contributed by atoms with Gasteiger partial charge in [0.15, 0.2) is 0 Å². The molecule has 1 aliphatic carbocycles. The van der Waals surface area contributed by atoms with Gasteiger partial charge in [0.05, 0.1) is 0 Å². The molecule has 17 heavy (non-hydrogen) atoms. The quantitative estimate of drug-likeness (QED) is 0.532. The maximum absolute atomic E-state index is 12.4. The summed E-state index contributed by atoms with van der Waals surface area (Å²) in [5, 5.41) is 1.76. The van der Waals surface area contributed by atoms with E-state index in [0.717, 1.165) is 12.8 Å². The van der Waals surface area contributed by atoms with Gasteiger partial charge in [-0.3, -0.25) is 4.79 Å². The molecule has 0 atom stereocenters. The summed E-state index contributed by atoms with van der Waals surface area (Å²) in [4.78, 5) is 10.7. The van der Waals surface area contributed by atoms with Gasteiger partial charge in [0.1, 0.15) is 0 Å². The Kier molecular flexibility index (Phi) is 5.17. The lowest BCUT2D eigenvalue weighted by Gasteiger charge is -2.14. The number of ether oxygens (including phenoxy) is 1. The average Bonchev–Trinajstić information content (AvgIpc) is 3.06. The molecule has 7 heteroatoms. The molecule has 0 unspecified atom stereocenters. The summed E-state index contributed by atoms with van der Waals surface area (Å²) < 4.78 is 53.6. The van der Waals surface area contributed by atoms with E-state index >= 15 is 0 Å². The molecule has 1 amide bonds. The Morgan fingerprint density at radius 2 is 2.06 bits per heavy atom. The van der Waals surface area contributed by atoms with E-state index in [1.165, 1.54) is 0 Å². The zero-order valence-corrected chi connectivity index (χ0v) is 9.23. The number of amides is 1. The minimum Gasteiger partial charge on any atom is -0.381 e. The van der Waals surface area contributed by atoms with Gasteiger partial charge in [0.2, 0.25) is 0 Å². The summed E-state index contributed by atoms with van der Waals surface area (Å²) in [6.45, 7) is 0.879. The summed E-state index contributed by atoms with van der Waals surface area (Å²) >= 11 is 0. The molecule has 1 aliphatic rings. The molecule has 1 fully saturated rings. The van der Waals surface area contributed by atoms with Gasteiger partial charge in [-0.15, -0.1) is 0 Å². The van der Waals surface area contributed by atoms with Crippen molar-refractivity contribution in [2.24, 2.45) is 5.92 Å². The highest BCUT2D eigenvalue weighted by Crippen LogP contribution is 2.28. The molecule has 1 saturated carbocycles. The van der Waals surface area contributed by atoms with Gasteiger partial charge in [0.25, 0.3) is 5.91 Å². The predicted molar refractivity (Wildman–Crippen MR) is 52.1 cm³/mol. The SMILES string of the molecule is O=C(NCCCOCC1CC1)C(F)(F)C(F)F. The van der Waals surface area contributed by atoms with Crippen molar-refractivity contribution < 1.29 is 27.1 Å². The highest BCUT2D eigenvalue weighted by atomic mass is 19.3. The molecule has 1 N–H and O–H groups in total. The van der Waals surface area contributed by atoms with Crippen LogP contribution >= 0.6 is 0 Å². The standard InChI is InChI=1S/C10H15F4NO2/c11-8(12)10(13,14)9(16)15-4-1-5-17-6-7-2-3-7/h7-8H,1-6H2,(H,15,16). The van der Waals surface area contributed by atoms with Gasteiger partial charge in [-0.05, 0) is 25.2 Å². The van der Waals surface area contributed by atoms with Crippen molar-refractivity contribution in [2.45, 2.75) is 31.6 Å². The molecule has 3 nitrogen and oxygen atoms in total. The van der Waals surface area contributed by atoms with Crippen LogP contribution in [0.25, 0.3) is 0 Å². The first-order valence-corrected chi connectivity index (χ1v) is 5.46. The summed E-state index contributed by atoms with van der Waals surface area (Å²) in [7, 11) is 0. The van der Waals surface area contributed by atoms with Crippen molar-refractivity contribution in [2.75, 3.05) is 19.8 Å².